The molecule has 102 valence electrons. The fourth-order valence-corrected chi connectivity index (χ4v) is 1.43. The Balaban J connectivity index is 1.96. The number of carbonyl (C=O) groups excluding carboxylic acids is 2. The molecule has 1 aliphatic heterocycles. The lowest BCUT2D eigenvalue weighted by Crippen LogP contribution is -2.33. The fraction of sp³-hybridized carbons (Fsp3) is 0.692. The average Bonchev–Trinajstić information content (AvgIpc) is 2.68. The van der Waals surface area contributed by atoms with Crippen LogP contribution < -0.4 is 0 Å². The molecule has 0 saturated carbocycles. The fourth-order valence-electron chi connectivity index (χ4n) is 1.43. The van der Waals surface area contributed by atoms with Crippen LogP contribution in [-0.2, 0) is 19.1 Å². The van der Waals surface area contributed by atoms with Crippen molar-refractivity contribution in [3.63, 3.8) is 0 Å². The average molecular weight is 255 g/mol. The lowest BCUT2D eigenvalue weighted by Gasteiger charge is -2.14. The third kappa shape index (κ3) is 4.98. The molecule has 1 rings (SSSR count). The van der Waals surface area contributed by atoms with Crippen LogP contribution >= 0.6 is 0 Å². The zero-order valence-corrected chi connectivity index (χ0v) is 11.1. The van der Waals surface area contributed by atoms with Crippen molar-refractivity contribution in [1.82, 2.24) is 4.90 Å². The lowest BCUT2D eigenvalue weighted by atomic mass is 10.1. The minimum absolute atomic E-state index is 0.267. The molecule has 1 aliphatic rings. The van der Waals surface area contributed by atoms with Crippen molar-refractivity contribution in [2.75, 3.05) is 33.0 Å². The molecule has 0 aromatic carbocycles. The van der Waals surface area contributed by atoms with Gasteiger partial charge in [-0.25, -0.2) is 0 Å². The number of amides is 2. The minimum atomic E-state index is -0.267. The number of ether oxygens (including phenoxy) is 2. The van der Waals surface area contributed by atoms with Gasteiger partial charge < -0.3 is 9.47 Å². The van der Waals surface area contributed by atoms with Crippen LogP contribution in [0, 0.1) is 5.92 Å². The second-order valence-corrected chi connectivity index (χ2v) is 4.36. The zero-order chi connectivity index (χ0) is 13.4. The highest BCUT2D eigenvalue weighted by molar-refractivity contribution is 6.12. The summed E-state index contributed by atoms with van der Waals surface area (Å²) >= 11 is 0. The van der Waals surface area contributed by atoms with E-state index in [1.54, 1.807) is 0 Å². The Morgan fingerprint density at radius 1 is 1.11 bits per heavy atom. The van der Waals surface area contributed by atoms with Crippen LogP contribution in [0.1, 0.15) is 20.3 Å². The molecule has 0 aromatic rings. The van der Waals surface area contributed by atoms with Gasteiger partial charge in [0.05, 0.1) is 26.4 Å². The smallest absolute Gasteiger partial charge is 0.253 e. The summed E-state index contributed by atoms with van der Waals surface area (Å²) in [5, 5.41) is 0. The maximum Gasteiger partial charge on any atom is 0.253 e. The number of hydrogen-bond donors (Lipinski definition) is 0. The standard InChI is InChI=1S/C13H21NO4/c1-3-11(2)10-18-9-8-17-7-6-14-12(15)4-5-13(14)16/h4-5,11H,3,6-10H2,1-2H3. The highest BCUT2D eigenvalue weighted by Crippen LogP contribution is 2.02. The van der Waals surface area contributed by atoms with Crippen LogP contribution in [0.25, 0.3) is 0 Å². The van der Waals surface area contributed by atoms with Gasteiger partial charge in [-0.3, -0.25) is 14.5 Å². The Morgan fingerprint density at radius 3 is 2.33 bits per heavy atom. The Labute approximate surface area is 108 Å². The van der Waals surface area contributed by atoms with Crippen LogP contribution in [0.15, 0.2) is 12.2 Å². The van der Waals surface area contributed by atoms with Crippen molar-refractivity contribution in [3.8, 4) is 0 Å². The molecule has 5 nitrogen and oxygen atoms in total. The SMILES string of the molecule is CCC(C)COCCOCCN1C(=O)C=CC1=O. The largest absolute Gasteiger partial charge is 0.379 e. The van der Waals surface area contributed by atoms with Crippen molar-refractivity contribution in [2.45, 2.75) is 20.3 Å². The molecule has 18 heavy (non-hydrogen) atoms. The maximum atomic E-state index is 11.2. The molecule has 0 spiro atoms. The molecule has 0 radical (unpaired) electrons. The van der Waals surface area contributed by atoms with Gasteiger partial charge >= 0.3 is 0 Å². The summed E-state index contributed by atoms with van der Waals surface area (Å²) < 4.78 is 10.7. The summed E-state index contributed by atoms with van der Waals surface area (Å²) in [6.45, 7) is 6.69. The molecule has 0 N–H and O–H groups in total. The van der Waals surface area contributed by atoms with Crippen molar-refractivity contribution in [2.24, 2.45) is 5.92 Å². The van der Waals surface area contributed by atoms with Crippen LogP contribution in [0.2, 0.25) is 0 Å². The summed E-state index contributed by atoms with van der Waals surface area (Å²) in [4.78, 5) is 23.6. The van der Waals surface area contributed by atoms with E-state index >= 15 is 0 Å². The number of rotatable bonds is 9. The third-order valence-corrected chi connectivity index (χ3v) is 2.83. The molecule has 2 amide bonds. The first kappa shape index (κ1) is 14.9. The number of imide groups is 1. The van der Waals surface area contributed by atoms with E-state index in [2.05, 4.69) is 13.8 Å². The highest BCUT2D eigenvalue weighted by Gasteiger charge is 2.22. The number of carbonyl (C=O) groups is 2. The minimum Gasteiger partial charge on any atom is -0.379 e. The van der Waals surface area contributed by atoms with Gasteiger partial charge in [0.1, 0.15) is 0 Å². The van der Waals surface area contributed by atoms with E-state index in [1.807, 2.05) is 0 Å². The molecular formula is C13H21NO4. The summed E-state index contributed by atoms with van der Waals surface area (Å²) in [5.41, 5.74) is 0. The van der Waals surface area contributed by atoms with E-state index in [0.717, 1.165) is 13.0 Å². The van der Waals surface area contributed by atoms with E-state index in [-0.39, 0.29) is 11.8 Å². The van der Waals surface area contributed by atoms with Crippen LogP contribution in [0.4, 0.5) is 0 Å². The topological polar surface area (TPSA) is 55.8 Å². The molecule has 5 heteroatoms. The first-order valence-electron chi connectivity index (χ1n) is 6.34. The molecule has 0 fully saturated rings. The Morgan fingerprint density at radius 2 is 1.72 bits per heavy atom. The van der Waals surface area contributed by atoms with Crippen LogP contribution in [-0.4, -0.2) is 49.7 Å². The Hall–Kier alpha value is -1.20. The van der Waals surface area contributed by atoms with Crippen LogP contribution in [0.5, 0.6) is 0 Å². The van der Waals surface area contributed by atoms with Gasteiger partial charge in [0, 0.05) is 18.8 Å². The van der Waals surface area contributed by atoms with Gasteiger partial charge in [-0.2, -0.15) is 0 Å². The zero-order valence-electron chi connectivity index (χ0n) is 11.1. The monoisotopic (exact) mass is 255 g/mol. The predicted octanol–water partition coefficient (Wildman–Crippen LogP) is 0.991. The quantitative estimate of drug-likeness (QED) is 0.455. The molecular weight excluding hydrogens is 234 g/mol. The van der Waals surface area contributed by atoms with E-state index in [0.29, 0.717) is 32.3 Å². The molecule has 0 saturated heterocycles. The maximum absolute atomic E-state index is 11.2. The van der Waals surface area contributed by atoms with Gasteiger partial charge in [0.2, 0.25) is 0 Å². The van der Waals surface area contributed by atoms with E-state index in [4.69, 9.17) is 9.47 Å². The predicted molar refractivity (Wildman–Crippen MR) is 67.0 cm³/mol. The first-order valence-corrected chi connectivity index (χ1v) is 6.34. The highest BCUT2D eigenvalue weighted by atomic mass is 16.5. The van der Waals surface area contributed by atoms with Crippen molar-refractivity contribution < 1.29 is 19.1 Å². The molecule has 0 bridgehead atoms. The van der Waals surface area contributed by atoms with E-state index in [9.17, 15) is 9.59 Å². The second-order valence-electron chi connectivity index (χ2n) is 4.36. The van der Waals surface area contributed by atoms with Gasteiger partial charge in [0.15, 0.2) is 0 Å². The van der Waals surface area contributed by atoms with Gasteiger partial charge in [0.25, 0.3) is 11.8 Å². The van der Waals surface area contributed by atoms with Crippen molar-refractivity contribution in [1.29, 1.82) is 0 Å². The third-order valence-electron chi connectivity index (χ3n) is 2.83. The lowest BCUT2D eigenvalue weighted by molar-refractivity contribution is -0.137. The second kappa shape index (κ2) is 8.00. The normalized spacial score (nSPS) is 16.7. The Bertz CT molecular complexity index is 296. The molecule has 0 aromatic heterocycles. The summed E-state index contributed by atoms with van der Waals surface area (Å²) in [6.07, 6.45) is 3.65. The van der Waals surface area contributed by atoms with E-state index < -0.39 is 0 Å². The molecule has 0 aliphatic carbocycles. The first-order chi connectivity index (χ1) is 8.65. The summed E-state index contributed by atoms with van der Waals surface area (Å²) in [5.74, 6) is 0.0316. The summed E-state index contributed by atoms with van der Waals surface area (Å²) in [7, 11) is 0. The van der Waals surface area contributed by atoms with Crippen LogP contribution in [0.3, 0.4) is 0 Å². The van der Waals surface area contributed by atoms with Gasteiger partial charge in [-0.05, 0) is 5.92 Å². The number of hydrogen-bond acceptors (Lipinski definition) is 4. The molecule has 1 unspecified atom stereocenters. The van der Waals surface area contributed by atoms with Gasteiger partial charge in [-0.15, -0.1) is 0 Å². The van der Waals surface area contributed by atoms with E-state index in [1.165, 1.54) is 17.1 Å². The summed E-state index contributed by atoms with van der Waals surface area (Å²) in [6, 6.07) is 0. The molecule has 1 heterocycles. The number of nitrogens with zero attached hydrogens (tertiary/aromatic N) is 1. The van der Waals surface area contributed by atoms with Crippen molar-refractivity contribution >= 4 is 11.8 Å². The van der Waals surface area contributed by atoms with Gasteiger partial charge in [-0.1, -0.05) is 20.3 Å². The molecule has 1 atom stereocenters. The Kier molecular flexibility index (Phi) is 6.60. The van der Waals surface area contributed by atoms with Crippen molar-refractivity contribution in [3.05, 3.63) is 12.2 Å².